The molecule has 1 heterocycles. The number of methoxy groups -OCH3 is 1. The van der Waals surface area contributed by atoms with Gasteiger partial charge in [0.05, 0.1) is 18.5 Å². The van der Waals surface area contributed by atoms with Crippen molar-refractivity contribution in [2.45, 2.75) is 19.3 Å². The van der Waals surface area contributed by atoms with Crippen LogP contribution in [0.5, 0.6) is 0 Å². The molecule has 0 saturated heterocycles. The zero-order chi connectivity index (χ0) is 13.3. The Morgan fingerprint density at radius 2 is 2.22 bits per heavy atom. The van der Waals surface area contributed by atoms with E-state index in [9.17, 15) is 9.59 Å². The third kappa shape index (κ3) is 1.92. The number of carbonyl (C=O) groups excluding carboxylic acids is 1. The van der Waals surface area contributed by atoms with Gasteiger partial charge in [0.2, 0.25) is 0 Å². The highest BCUT2D eigenvalue weighted by Gasteiger charge is 2.20. The summed E-state index contributed by atoms with van der Waals surface area (Å²) in [6, 6.07) is 5.29. The van der Waals surface area contributed by atoms with E-state index >= 15 is 0 Å². The summed E-state index contributed by atoms with van der Waals surface area (Å²) in [6.45, 7) is 1.92. The molecule has 1 aromatic heterocycles. The Bertz CT molecular complexity index is 638. The van der Waals surface area contributed by atoms with Gasteiger partial charge in [-0.15, -0.1) is 0 Å². The molecule has 0 aliphatic heterocycles. The van der Waals surface area contributed by atoms with Crippen molar-refractivity contribution in [1.82, 2.24) is 4.57 Å². The molecule has 0 spiro atoms. The average molecular weight is 249 g/mol. The minimum Gasteiger partial charge on any atom is -0.469 e. The molecule has 0 radical (unpaired) electrons. The molecule has 0 bridgehead atoms. The highest BCUT2D eigenvalue weighted by atomic mass is 16.5. The van der Waals surface area contributed by atoms with E-state index in [1.165, 1.54) is 11.7 Å². The van der Waals surface area contributed by atoms with Gasteiger partial charge in [-0.2, -0.15) is 0 Å². The highest BCUT2D eigenvalue weighted by molar-refractivity contribution is 5.81. The maximum absolute atomic E-state index is 11.7. The van der Waals surface area contributed by atoms with Gasteiger partial charge in [-0.25, -0.2) is 4.79 Å². The van der Waals surface area contributed by atoms with Crippen LogP contribution in [0.1, 0.15) is 24.8 Å². The lowest BCUT2D eigenvalue weighted by molar-refractivity contribution is -0.142. The van der Waals surface area contributed by atoms with E-state index in [0.29, 0.717) is 17.5 Å². The minimum atomic E-state index is -0.409. The van der Waals surface area contributed by atoms with Crippen molar-refractivity contribution in [2.24, 2.45) is 7.05 Å². The normalized spacial score (nSPS) is 12.6. The van der Waals surface area contributed by atoms with E-state index in [1.54, 1.807) is 25.2 Å². The SMILES string of the molecule is CCC(C(=O)OC)c1ccc2oc(=O)n(C)c2c1. The molecule has 0 aliphatic carbocycles. The summed E-state index contributed by atoms with van der Waals surface area (Å²) in [6.07, 6.45) is 0.643. The lowest BCUT2D eigenvalue weighted by Crippen LogP contribution is -2.13. The number of ether oxygens (including phenoxy) is 1. The smallest absolute Gasteiger partial charge is 0.419 e. The monoisotopic (exact) mass is 249 g/mol. The van der Waals surface area contributed by atoms with E-state index in [4.69, 9.17) is 9.15 Å². The van der Waals surface area contributed by atoms with Crippen LogP contribution in [0.4, 0.5) is 0 Å². The lowest BCUT2D eigenvalue weighted by Gasteiger charge is -2.12. The van der Waals surface area contributed by atoms with Crippen LogP contribution in [0.3, 0.4) is 0 Å². The zero-order valence-electron chi connectivity index (χ0n) is 10.6. The summed E-state index contributed by atoms with van der Waals surface area (Å²) in [4.78, 5) is 23.0. The second kappa shape index (κ2) is 4.68. The number of carbonyl (C=O) groups is 1. The Kier molecular flexibility index (Phi) is 3.23. The molecular formula is C13H15NO4. The second-order valence-corrected chi connectivity index (χ2v) is 4.14. The number of hydrogen-bond acceptors (Lipinski definition) is 4. The van der Waals surface area contributed by atoms with Crippen LogP contribution in [0.15, 0.2) is 27.4 Å². The lowest BCUT2D eigenvalue weighted by atomic mass is 9.96. The van der Waals surface area contributed by atoms with Gasteiger partial charge in [-0.05, 0) is 24.1 Å². The standard InChI is InChI=1S/C13H15NO4/c1-4-9(12(15)17-3)8-5-6-11-10(7-8)14(2)13(16)18-11/h5-7,9H,4H2,1-3H3. The Labute approximate surface area is 104 Å². The number of esters is 1. The summed E-state index contributed by atoms with van der Waals surface area (Å²) in [5.74, 6) is -0.997. The second-order valence-electron chi connectivity index (χ2n) is 4.14. The largest absolute Gasteiger partial charge is 0.469 e. The van der Waals surface area contributed by atoms with Crippen molar-refractivity contribution in [2.75, 3.05) is 7.11 Å². The van der Waals surface area contributed by atoms with E-state index in [0.717, 1.165) is 5.56 Å². The Morgan fingerprint density at radius 1 is 1.50 bits per heavy atom. The first-order valence-electron chi connectivity index (χ1n) is 5.75. The molecule has 0 aliphatic rings. The molecule has 1 aromatic carbocycles. The van der Waals surface area contributed by atoms with Crippen LogP contribution in [0.25, 0.3) is 11.1 Å². The molecule has 5 heteroatoms. The van der Waals surface area contributed by atoms with Gasteiger partial charge >= 0.3 is 11.7 Å². The fourth-order valence-corrected chi connectivity index (χ4v) is 2.04. The topological polar surface area (TPSA) is 61.4 Å². The third-order valence-corrected chi connectivity index (χ3v) is 3.11. The fourth-order valence-electron chi connectivity index (χ4n) is 2.04. The fraction of sp³-hybridized carbons (Fsp3) is 0.385. The first-order chi connectivity index (χ1) is 8.58. The van der Waals surface area contributed by atoms with Crippen LogP contribution < -0.4 is 5.76 Å². The van der Waals surface area contributed by atoms with Gasteiger partial charge in [-0.1, -0.05) is 13.0 Å². The van der Waals surface area contributed by atoms with E-state index in [2.05, 4.69) is 0 Å². The molecule has 0 fully saturated rings. The molecule has 96 valence electrons. The molecule has 2 aromatic rings. The molecule has 0 N–H and O–H groups in total. The number of fused-ring (bicyclic) bond motifs is 1. The number of rotatable bonds is 3. The van der Waals surface area contributed by atoms with Crippen LogP contribution in [0.2, 0.25) is 0 Å². The molecule has 1 atom stereocenters. The number of hydrogen-bond donors (Lipinski definition) is 0. The zero-order valence-corrected chi connectivity index (χ0v) is 10.6. The average Bonchev–Trinajstić information content (AvgIpc) is 2.66. The van der Waals surface area contributed by atoms with Crippen LogP contribution >= 0.6 is 0 Å². The van der Waals surface area contributed by atoms with Gasteiger partial charge in [0.25, 0.3) is 0 Å². The predicted molar refractivity (Wildman–Crippen MR) is 66.5 cm³/mol. The summed E-state index contributed by atoms with van der Waals surface area (Å²) < 4.78 is 11.2. The maximum Gasteiger partial charge on any atom is 0.419 e. The Balaban J connectivity index is 2.55. The molecular weight excluding hydrogens is 234 g/mol. The molecule has 2 rings (SSSR count). The quantitative estimate of drug-likeness (QED) is 0.778. The molecule has 1 unspecified atom stereocenters. The number of oxazole rings is 1. The van der Waals surface area contributed by atoms with Gasteiger partial charge < -0.3 is 9.15 Å². The first kappa shape index (κ1) is 12.4. The van der Waals surface area contributed by atoms with Gasteiger partial charge in [0.1, 0.15) is 0 Å². The van der Waals surface area contributed by atoms with Gasteiger partial charge in [-0.3, -0.25) is 9.36 Å². The van der Waals surface area contributed by atoms with Crippen molar-refractivity contribution in [3.05, 3.63) is 34.3 Å². The highest BCUT2D eigenvalue weighted by Crippen LogP contribution is 2.24. The van der Waals surface area contributed by atoms with Crippen molar-refractivity contribution < 1.29 is 13.9 Å². The van der Waals surface area contributed by atoms with Gasteiger partial charge in [0, 0.05) is 7.05 Å². The van der Waals surface area contributed by atoms with Crippen molar-refractivity contribution >= 4 is 17.1 Å². The van der Waals surface area contributed by atoms with Crippen molar-refractivity contribution in [1.29, 1.82) is 0 Å². The number of aromatic nitrogens is 1. The number of benzene rings is 1. The number of aryl methyl sites for hydroxylation is 1. The minimum absolute atomic E-state index is 0.273. The third-order valence-electron chi connectivity index (χ3n) is 3.11. The van der Waals surface area contributed by atoms with Gasteiger partial charge in [0.15, 0.2) is 5.58 Å². The predicted octanol–water partition coefficient (Wildman–Crippen LogP) is 1.80. The van der Waals surface area contributed by atoms with Crippen LogP contribution in [-0.4, -0.2) is 17.6 Å². The number of nitrogens with zero attached hydrogens (tertiary/aromatic N) is 1. The molecule has 0 saturated carbocycles. The summed E-state index contributed by atoms with van der Waals surface area (Å²) in [5, 5.41) is 0. The Morgan fingerprint density at radius 3 is 2.83 bits per heavy atom. The van der Waals surface area contributed by atoms with Crippen molar-refractivity contribution in [3.8, 4) is 0 Å². The first-order valence-corrected chi connectivity index (χ1v) is 5.75. The molecule has 0 amide bonds. The molecule has 5 nitrogen and oxygen atoms in total. The summed E-state index contributed by atoms with van der Waals surface area (Å²) >= 11 is 0. The van der Waals surface area contributed by atoms with E-state index < -0.39 is 5.76 Å². The Hall–Kier alpha value is -2.04. The van der Waals surface area contributed by atoms with Crippen LogP contribution in [0, 0.1) is 0 Å². The summed E-state index contributed by atoms with van der Waals surface area (Å²) in [5.41, 5.74) is 2.03. The van der Waals surface area contributed by atoms with E-state index in [-0.39, 0.29) is 11.9 Å². The van der Waals surface area contributed by atoms with E-state index in [1.807, 2.05) is 6.92 Å². The summed E-state index contributed by atoms with van der Waals surface area (Å²) in [7, 11) is 3.01. The van der Waals surface area contributed by atoms with Crippen molar-refractivity contribution in [3.63, 3.8) is 0 Å². The van der Waals surface area contributed by atoms with Crippen LogP contribution in [-0.2, 0) is 16.6 Å². The molecule has 18 heavy (non-hydrogen) atoms. The maximum atomic E-state index is 11.7.